The van der Waals surface area contributed by atoms with Gasteiger partial charge in [-0.05, 0) is 42.6 Å². The van der Waals surface area contributed by atoms with Crippen molar-refractivity contribution in [2.45, 2.75) is 71.2 Å². The van der Waals surface area contributed by atoms with Crippen LogP contribution >= 0.6 is 0 Å². The first-order valence-corrected chi connectivity index (χ1v) is 9.78. The number of fused-ring (bicyclic) bond motifs is 1. The fourth-order valence-electron chi connectivity index (χ4n) is 4.86. The van der Waals surface area contributed by atoms with Crippen LogP contribution in [-0.2, 0) is 19.1 Å². The van der Waals surface area contributed by atoms with Gasteiger partial charge in [0, 0.05) is 19.3 Å². The van der Waals surface area contributed by atoms with Crippen molar-refractivity contribution in [2.24, 2.45) is 23.7 Å². The Balaban J connectivity index is 1.64. The van der Waals surface area contributed by atoms with Crippen LogP contribution in [-0.4, -0.2) is 35.4 Å². The van der Waals surface area contributed by atoms with Crippen LogP contribution in [0.15, 0.2) is 23.8 Å². The molecule has 1 aliphatic heterocycles. The van der Waals surface area contributed by atoms with Crippen LogP contribution in [0.4, 0.5) is 0 Å². The molecule has 2 aliphatic carbocycles. The van der Waals surface area contributed by atoms with E-state index >= 15 is 0 Å². The van der Waals surface area contributed by atoms with E-state index in [1.165, 1.54) is 12.5 Å². The van der Waals surface area contributed by atoms with E-state index in [1.807, 2.05) is 0 Å². The van der Waals surface area contributed by atoms with E-state index in [1.54, 1.807) is 0 Å². The van der Waals surface area contributed by atoms with Crippen molar-refractivity contribution in [3.8, 4) is 0 Å². The fraction of sp³-hybridized carbons (Fsp3) is 0.714. The topological polar surface area (TPSA) is 72.8 Å². The molecule has 1 saturated heterocycles. The summed E-state index contributed by atoms with van der Waals surface area (Å²) in [6.45, 7) is 5.70. The van der Waals surface area contributed by atoms with Crippen LogP contribution in [0.3, 0.4) is 0 Å². The minimum Gasteiger partial charge on any atom is -0.462 e. The molecule has 0 spiro atoms. The minimum atomic E-state index is -0.376. The van der Waals surface area contributed by atoms with Gasteiger partial charge in [0.1, 0.15) is 12.2 Å². The van der Waals surface area contributed by atoms with E-state index in [2.05, 4.69) is 32.1 Å². The van der Waals surface area contributed by atoms with Gasteiger partial charge in [-0.3, -0.25) is 9.59 Å². The molecule has 0 bridgehead atoms. The number of allylic oxidation sites excluding steroid dienone is 3. The van der Waals surface area contributed by atoms with E-state index in [0.29, 0.717) is 24.2 Å². The highest BCUT2D eigenvalue weighted by molar-refractivity contribution is 5.72. The number of hydrogen-bond donors (Lipinski definition) is 1. The molecule has 0 aromatic rings. The Bertz CT molecular complexity index is 606. The molecule has 0 saturated carbocycles. The highest BCUT2D eigenvalue weighted by atomic mass is 16.6. The van der Waals surface area contributed by atoms with E-state index in [0.717, 1.165) is 19.3 Å². The maximum absolute atomic E-state index is 11.8. The van der Waals surface area contributed by atoms with Crippen molar-refractivity contribution >= 4 is 11.9 Å². The Morgan fingerprint density at radius 3 is 2.81 bits per heavy atom. The molecule has 3 aliphatic rings. The lowest BCUT2D eigenvalue weighted by molar-refractivity contribution is -0.168. The van der Waals surface area contributed by atoms with Crippen LogP contribution in [0, 0.1) is 23.7 Å². The van der Waals surface area contributed by atoms with Crippen molar-refractivity contribution < 1.29 is 24.2 Å². The summed E-state index contributed by atoms with van der Waals surface area (Å²) in [5.74, 6) is 0.624. The molecule has 1 heterocycles. The maximum Gasteiger partial charge on any atom is 0.309 e. The van der Waals surface area contributed by atoms with Crippen LogP contribution < -0.4 is 0 Å². The van der Waals surface area contributed by atoms with E-state index in [9.17, 15) is 14.7 Å². The largest absolute Gasteiger partial charge is 0.462 e. The molecule has 7 atom stereocenters. The zero-order valence-electron chi connectivity index (χ0n) is 15.9. The summed E-state index contributed by atoms with van der Waals surface area (Å²) in [6.07, 6.45) is 8.90. The van der Waals surface area contributed by atoms with E-state index in [4.69, 9.17) is 9.47 Å². The average Bonchev–Trinajstić information content (AvgIpc) is 2.53. The molecule has 1 N–H and O–H groups in total. The minimum absolute atomic E-state index is 0.144. The number of cyclic esters (lactones) is 1. The van der Waals surface area contributed by atoms with Gasteiger partial charge >= 0.3 is 11.9 Å². The van der Waals surface area contributed by atoms with E-state index in [-0.39, 0.29) is 42.6 Å². The third-order valence-electron chi connectivity index (χ3n) is 5.99. The zero-order chi connectivity index (χ0) is 18.8. The first-order chi connectivity index (χ1) is 12.3. The van der Waals surface area contributed by atoms with Gasteiger partial charge in [-0.15, -0.1) is 0 Å². The van der Waals surface area contributed by atoms with Crippen molar-refractivity contribution in [1.29, 1.82) is 0 Å². The van der Waals surface area contributed by atoms with Crippen molar-refractivity contribution in [3.05, 3.63) is 23.8 Å². The fourth-order valence-corrected chi connectivity index (χ4v) is 4.86. The smallest absolute Gasteiger partial charge is 0.309 e. The quantitative estimate of drug-likeness (QED) is 0.778. The second kappa shape index (κ2) is 7.95. The van der Waals surface area contributed by atoms with Crippen molar-refractivity contribution in [3.63, 3.8) is 0 Å². The number of hydrogen-bond acceptors (Lipinski definition) is 5. The monoisotopic (exact) mass is 362 g/mol. The maximum atomic E-state index is 11.8. The van der Waals surface area contributed by atoms with E-state index < -0.39 is 0 Å². The standard InChI is InChI=1S/C21H30O5/c1-12-8-15-5-4-13(2)18(21(15)19(23)9-12)7-6-16-10-17(25-14(3)22)11-20(24)26-16/h4-5,8,12-13,16-19,21,23H,6-7,9-11H2,1-3H3/t12-,13-,16?,17+,18-,19-,21?/m0/s1. The number of rotatable bonds is 4. The highest BCUT2D eigenvalue weighted by Gasteiger charge is 2.39. The van der Waals surface area contributed by atoms with Crippen LogP contribution in [0.5, 0.6) is 0 Å². The van der Waals surface area contributed by atoms with Gasteiger partial charge in [0.25, 0.3) is 0 Å². The molecule has 5 heteroatoms. The number of ether oxygens (including phenoxy) is 2. The average molecular weight is 362 g/mol. The summed E-state index contributed by atoms with van der Waals surface area (Å²) in [4.78, 5) is 23.0. The summed E-state index contributed by atoms with van der Waals surface area (Å²) >= 11 is 0. The molecular weight excluding hydrogens is 332 g/mol. The van der Waals surface area contributed by atoms with Crippen LogP contribution in [0.2, 0.25) is 0 Å². The second-order valence-electron chi connectivity index (χ2n) is 8.22. The number of esters is 2. The predicted octanol–water partition coefficient (Wildman–Crippen LogP) is 3.17. The van der Waals surface area contributed by atoms with Gasteiger partial charge in [0.2, 0.25) is 0 Å². The first-order valence-electron chi connectivity index (χ1n) is 9.78. The molecule has 144 valence electrons. The lowest BCUT2D eigenvalue weighted by Crippen LogP contribution is -2.39. The molecule has 1 fully saturated rings. The molecule has 3 rings (SSSR count). The van der Waals surface area contributed by atoms with Gasteiger partial charge in [0.05, 0.1) is 12.5 Å². The molecule has 26 heavy (non-hydrogen) atoms. The molecule has 0 aromatic heterocycles. The normalized spacial score (nSPS) is 39.6. The third-order valence-corrected chi connectivity index (χ3v) is 5.99. The van der Waals surface area contributed by atoms with Gasteiger partial charge in [-0.25, -0.2) is 0 Å². The molecule has 0 amide bonds. The Labute approximate surface area is 155 Å². The van der Waals surface area contributed by atoms with Gasteiger partial charge < -0.3 is 14.6 Å². The number of carbonyl (C=O) groups is 2. The summed E-state index contributed by atoms with van der Waals surface area (Å²) < 4.78 is 10.7. The second-order valence-corrected chi connectivity index (χ2v) is 8.22. The summed E-state index contributed by atoms with van der Waals surface area (Å²) in [6, 6.07) is 0. The molecule has 0 radical (unpaired) electrons. The molecule has 0 aromatic carbocycles. The van der Waals surface area contributed by atoms with Crippen LogP contribution in [0.25, 0.3) is 0 Å². The van der Waals surface area contributed by atoms with Gasteiger partial charge in [-0.2, -0.15) is 0 Å². The Morgan fingerprint density at radius 2 is 2.08 bits per heavy atom. The summed E-state index contributed by atoms with van der Waals surface area (Å²) in [7, 11) is 0. The third kappa shape index (κ3) is 4.37. The number of aliphatic hydroxyl groups excluding tert-OH is 1. The van der Waals surface area contributed by atoms with Gasteiger partial charge in [-0.1, -0.05) is 32.1 Å². The molecule has 5 nitrogen and oxygen atoms in total. The van der Waals surface area contributed by atoms with Crippen LogP contribution in [0.1, 0.15) is 52.9 Å². The highest BCUT2D eigenvalue weighted by Crippen LogP contribution is 2.44. The molecular formula is C21H30O5. The van der Waals surface area contributed by atoms with Gasteiger partial charge in [0.15, 0.2) is 0 Å². The Kier molecular flexibility index (Phi) is 5.86. The first kappa shape index (κ1) is 19.2. The van der Waals surface area contributed by atoms with Crippen molar-refractivity contribution in [1.82, 2.24) is 0 Å². The SMILES string of the molecule is CC(=O)O[C@H]1CC(=O)OC(CC[C@@H]2C3C(=C[C@H](C)C[C@@H]3O)C=C[C@@H]2C)C1. The Morgan fingerprint density at radius 1 is 1.31 bits per heavy atom. The summed E-state index contributed by atoms with van der Waals surface area (Å²) in [5.41, 5.74) is 1.25. The lowest BCUT2D eigenvalue weighted by atomic mass is 9.65. The van der Waals surface area contributed by atoms with Crippen molar-refractivity contribution in [2.75, 3.05) is 0 Å². The number of carbonyl (C=O) groups excluding carboxylic acids is 2. The Hall–Kier alpha value is -1.62. The molecule has 2 unspecified atom stereocenters. The zero-order valence-corrected chi connectivity index (χ0v) is 15.9. The lowest BCUT2D eigenvalue weighted by Gasteiger charge is -2.42. The predicted molar refractivity (Wildman–Crippen MR) is 97.1 cm³/mol. The number of aliphatic hydroxyl groups is 1. The summed E-state index contributed by atoms with van der Waals surface area (Å²) in [5, 5.41) is 10.7.